The van der Waals surface area contributed by atoms with Crippen molar-refractivity contribution in [2.75, 3.05) is 35.8 Å². The summed E-state index contributed by atoms with van der Waals surface area (Å²) in [6.07, 6.45) is 3.34. The molecule has 1 saturated heterocycles. The Morgan fingerprint density at radius 3 is 2.50 bits per heavy atom. The Labute approximate surface area is 153 Å². The van der Waals surface area contributed by atoms with E-state index in [1.807, 2.05) is 46.1 Å². The maximum absolute atomic E-state index is 12.5. The lowest BCUT2D eigenvalue weighted by atomic mass is 10.1. The van der Waals surface area contributed by atoms with Crippen LogP contribution < -0.4 is 15.1 Å². The molecule has 0 aliphatic carbocycles. The Morgan fingerprint density at radius 1 is 1.19 bits per heavy atom. The van der Waals surface area contributed by atoms with Crippen molar-refractivity contribution >= 4 is 29.1 Å². The molecule has 0 radical (unpaired) electrons. The number of aromatic nitrogens is 2. The quantitative estimate of drug-likeness (QED) is 0.911. The third kappa shape index (κ3) is 3.66. The van der Waals surface area contributed by atoms with Gasteiger partial charge in [-0.2, -0.15) is 0 Å². The van der Waals surface area contributed by atoms with Crippen molar-refractivity contribution in [1.82, 2.24) is 9.97 Å². The Hall–Kier alpha value is -2.96. The molecule has 7 nitrogen and oxygen atoms in total. The predicted molar refractivity (Wildman–Crippen MR) is 101 cm³/mol. The van der Waals surface area contributed by atoms with E-state index in [1.165, 1.54) is 5.56 Å². The highest BCUT2D eigenvalue weighted by atomic mass is 16.2. The molecule has 1 fully saturated rings. The number of hydrogen-bond donors (Lipinski definition) is 1. The van der Waals surface area contributed by atoms with Crippen molar-refractivity contribution in [3.05, 3.63) is 41.7 Å². The second kappa shape index (κ2) is 7.11. The monoisotopic (exact) mass is 353 g/mol. The molecule has 26 heavy (non-hydrogen) atoms. The average molecular weight is 353 g/mol. The minimum Gasteiger partial charge on any atom is -0.347 e. The molecule has 1 aromatic carbocycles. The van der Waals surface area contributed by atoms with Gasteiger partial charge in [-0.05, 0) is 37.1 Å². The smallest absolute Gasteiger partial charge is 0.229 e. The second-order valence-electron chi connectivity index (χ2n) is 6.83. The Morgan fingerprint density at radius 2 is 1.88 bits per heavy atom. The molecule has 136 valence electrons. The third-order valence-electron chi connectivity index (χ3n) is 4.60. The third-order valence-corrected chi connectivity index (χ3v) is 4.60. The molecule has 2 amide bonds. The zero-order valence-electron chi connectivity index (χ0n) is 15.5. The molecule has 0 saturated carbocycles. The molecule has 1 aromatic heterocycles. The van der Waals surface area contributed by atoms with Crippen LogP contribution in [0.3, 0.4) is 0 Å². The molecule has 7 heteroatoms. The maximum atomic E-state index is 12.5. The molecule has 2 aromatic rings. The topological polar surface area (TPSA) is 78.4 Å². The normalized spacial score (nSPS) is 16.7. The van der Waals surface area contributed by atoms with Gasteiger partial charge in [-0.1, -0.05) is 6.07 Å². The molecule has 1 aliphatic rings. The number of rotatable bonds is 4. The minimum absolute atomic E-state index is 0.0346. The van der Waals surface area contributed by atoms with Crippen LogP contribution in [-0.4, -0.2) is 42.4 Å². The number of amides is 2. The van der Waals surface area contributed by atoms with Gasteiger partial charge in [0.05, 0.1) is 24.0 Å². The van der Waals surface area contributed by atoms with Gasteiger partial charge in [-0.25, -0.2) is 9.97 Å². The minimum atomic E-state index is -0.391. The highest BCUT2D eigenvalue weighted by Gasteiger charge is 2.35. The predicted octanol–water partition coefficient (Wildman–Crippen LogP) is 2.15. The number of anilines is 3. The average Bonchev–Trinajstić information content (AvgIpc) is 3.00. The Balaban J connectivity index is 1.67. The highest BCUT2D eigenvalue weighted by Crippen LogP contribution is 2.27. The Bertz CT molecular complexity index is 832. The number of carbonyl (C=O) groups excluding carboxylic acids is 2. The summed E-state index contributed by atoms with van der Waals surface area (Å²) in [5, 5.41) is 2.80. The van der Waals surface area contributed by atoms with Gasteiger partial charge in [-0.3, -0.25) is 9.59 Å². The van der Waals surface area contributed by atoms with Gasteiger partial charge >= 0.3 is 0 Å². The molecule has 3 rings (SSSR count). The molecule has 1 N–H and O–H groups in total. The number of nitrogens with one attached hydrogen (secondary N) is 1. The zero-order chi connectivity index (χ0) is 18.8. The van der Waals surface area contributed by atoms with Gasteiger partial charge in [0.1, 0.15) is 0 Å². The summed E-state index contributed by atoms with van der Waals surface area (Å²) in [6, 6.07) is 5.91. The van der Waals surface area contributed by atoms with Crippen LogP contribution in [0, 0.1) is 19.8 Å². The van der Waals surface area contributed by atoms with Crippen LogP contribution in [0.15, 0.2) is 30.6 Å². The number of hydrogen-bond acceptors (Lipinski definition) is 5. The highest BCUT2D eigenvalue weighted by molar-refractivity contribution is 6.03. The standard InChI is InChI=1S/C19H23N5O2/c1-12-5-6-16(7-13(12)2)24-11-14(8-17(24)25)18(26)22-15-9-20-19(21-10-15)23(3)4/h5-7,9-10,14H,8,11H2,1-4H3,(H,22,26). The van der Waals surface area contributed by atoms with E-state index in [2.05, 4.69) is 15.3 Å². The zero-order valence-corrected chi connectivity index (χ0v) is 15.5. The number of nitrogens with zero attached hydrogens (tertiary/aromatic N) is 4. The number of carbonyl (C=O) groups is 2. The van der Waals surface area contributed by atoms with Crippen LogP contribution in [-0.2, 0) is 9.59 Å². The molecule has 2 heterocycles. The van der Waals surface area contributed by atoms with Gasteiger partial charge in [0.2, 0.25) is 17.8 Å². The van der Waals surface area contributed by atoms with Crippen LogP contribution in [0.25, 0.3) is 0 Å². The summed E-state index contributed by atoms with van der Waals surface area (Å²) in [4.78, 5) is 36.7. The lowest BCUT2D eigenvalue weighted by molar-refractivity contribution is -0.122. The van der Waals surface area contributed by atoms with Crippen LogP contribution in [0.5, 0.6) is 0 Å². The lowest BCUT2D eigenvalue weighted by Gasteiger charge is -2.18. The fourth-order valence-electron chi connectivity index (χ4n) is 2.89. The van der Waals surface area contributed by atoms with E-state index in [0.29, 0.717) is 18.2 Å². The molecular formula is C19H23N5O2. The molecule has 0 bridgehead atoms. The first-order valence-corrected chi connectivity index (χ1v) is 8.53. The van der Waals surface area contributed by atoms with Crippen LogP contribution in [0.4, 0.5) is 17.3 Å². The first kappa shape index (κ1) is 17.8. The van der Waals surface area contributed by atoms with E-state index in [4.69, 9.17) is 0 Å². The van der Waals surface area contributed by atoms with Crippen molar-refractivity contribution in [2.45, 2.75) is 20.3 Å². The van der Waals surface area contributed by atoms with Crippen molar-refractivity contribution in [3.8, 4) is 0 Å². The maximum Gasteiger partial charge on any atom is 0.229 e. The summed E-state index contributed by atoms with van der Waals surface area (Å²) in [7, 11) is 3.69. The van der Waals surface area contributed by atoms with Crippen LogP contribution >= 0.6 is 0 Å². The van der Waals surface area contributed by atoms with Crippen LogP contribution in [0.1, 0.15) is 17.5 Å². The fourth-order valence-corrected chi connectivity index (χ4v) is 2.89. The molecular weight excluding hydrogens is 330 g/mol. The summed E-state index contributed by atoms with van der Waals surface area (Å²) in [5.74, 6) is -0.0453. The van der Waals surface area contributed by atoms with Gasteiger partial charge in [0.25, 0.3) is 0 Å². The summed E-state index contributed by atoms with van der Waals surface area (Å²) >= 11 is 0. The summed E-state index contributed by atoms with van der Waals surface area (Å²) in [6.45, 7) is 4.43. The van der Waals surface area contributed by atoms with Crippen molar-refractivity contribution in [3.63, 3.8) is 0 Å². The molecule has 1 aliphatic heterocycles. The van der Waals surface area contributed by atoms with Gasteiger partial charge < -0.3 is 15.1 Å². The van der Waals surface area contributed by atoms with Crippen LogP contribution in [0.2, 0.25) is 0 Å². The Kier molecular flexibility index (Phi) is 4.88. The first-order valence-electron chi connectivity index (χ1n) is 8.53. The summed E-state index contributed by atoms with van der Waals surface area (Å²) in [5.41, 5.74) is 3.67. The van der Waals surface area contributed by atoms with Gasteiger partial charge in [0, 0.05) is 32.7 Å². The van der Waals surface area contributed by atoms with E-state index >= 15 is 0 Å². The number of benzene rings is 1. The summed E-state index contributed by atoms with van der Waals surface area (Å²) < 4.78 is 0. The van der Waals surface area contributed by atoms with E-state index in [-0.39, 0.29) is 18.2 Å². The fraction of sp³-hybridized carbons (Fsp3) is 0.368. The van der Waals surface area contributed by atoms with Crippen molar-refractivity contribution < 1.29 is 9.59 Å². The first-order chi connectivity index (χ1) is 12.3. The van der Waals surface area contributed by atoms with Crippen molar-refractivity contribution in [2.24, 2.45) is 5.92 Å². The lowest BCUT2D eigenvalue weighted by Crippen LogP contribution is -2.28. The van der Waals surface area contributed by atoms with Crippen molar-refractivity contribution in [1.29, 1.82) is 0 Å². The molecule has 1 atom stereocenters. The molecule has 0 spiro atoms. The SMILES string of the molecule is Cc1ccc(N2CC(C(=O)Nc3cnc(N(C)C)nc3)CC2=O)cc1C. The molecule has 1 unspecified atom stereocenters. The number of aryl methyl sites for hydroxylation is 2. The van der Waals surface area contributed by atoms with E-state index in [1.54, 1.807) is 22.2 Å². The van der Waals surface area contributed by atoms with Gasteiger partial charge in [0.15, 0.2) is 0 Å². The van der Waals surface area contributed by atoms with E-state index in [0.717, 1.165) is 11.3 Å². The largest absolute Gasteiger partial charge is 0.347 e. The van der Waals surface area contributed by atoms with E-state index < -0.39 is 5.92 Å². The second-order valence-corrected chi connectivity index (χ2v) is 6.83. The van der Waals surface area contributed by atoms with Gasteiger partial charge in [-0.15, -0.1) is 0 Å². The van der Waals surface area contributed by atoms with E-state index in [9.17, 15) is 9.59 Å².